The van der Waals surface area contributed by atoms with E-state index in [1.807, 2.05) is 32.9 Å². The van der Waals surface area contributed by atoms with Crippen LogP contribution in [0.3, 0.4) is 0 Å². The van der Waals surface area contributed by atoms with Gasteiger partial charge in [-0.15, -0.1) is 0 Å². The minimum Gasteiger partial charge on any atom is -0.369 e. The molecule has 3 amide bonds. The maximum atomic E-state index is 13.2. The molecule has 3 aliphatic rings. The number of piperidine rings is 1. The van der Waals surface area contributed by atoms with Gasteiger partial charge in [-0.1, -0.05) is 20.8 Å². The number of halogens is 1. The summed E-state index contributed by atoms with van der Waals surface area (Å²) < 4.78 is 13.2. The lowest BCUT2D eigenvalue weighted by atomic mass is 9.75. The minimum absolute atomic E-state index is 0.0975. The fraction of sp³-hybridized carbons (Fsp3) is 0.690. The van der Waals surface area contributed by atoms with Crippen LogP contribution in [0.5, 0.6) is 0 Å². The van der Waals surface area contributed by atoms with Crippen LogP contribution in [0.2, 0.25) is 0 Å². The number of nitrogens with one attached hydrogen (secondary N) is 2. The molecule has 1 unspecified atom stereocenters. The lowest BCUT2D eigenvalue weighted by Crippen LogP contribution is -2.59. The molecule has 3 aliphatic heterocycles. The highest BCUT2D eigenvalue weighted by molar-refractivity contribution is 5.92. The summed E-state index contributed by atoms with van der Waals surface area (Å²) in [4.78, 5) is 45.3. The number of carbonyl (C=O) groups is 3. The average Bonchev–Trinajstić information content (AvgIpc) is 3.17. The van der Waals surface area contributed by atoms with Gasteiger partial charge in [0.2, 0.25) is 17.7 Å². The Labute approximate surface area is 226 Å². The summed E-state index contributed by atoms with van der Waals surface area (Å²) in [5.74, 6) is -0.343. The van der Waals surface area contributed by atoms with E-state index in [2.05, 4.69) is 20.4 Å². The van der Waals surface area contributed by atoms with Gasteiger partial charge in [0.15, 0.2) is 0 Å². The lowest BCUT2D eigenvalue weighted by molar-refractivity contribution is -0.145. The molecule has 1 aromatic rings. The van der Waals surface area contributed by atoms with Crippen molar-refractivity contribution in [2.24, 2.45) is 10.8 Å². The van der Waals surface area contributed by atoms with E-state index in [1.165, 1.54) is 12.1 Å². The van der Waals surface area contributed by atoms with Crippen LogP contribution >= 0.6 is 0 Å². The summed E-state index contributed by atoms with van der Waals surface area (Å²) in [5, 5.41) is 6.14. The first-order valence-corrected chi connectivity index (χ1v) is 13.9. The molecule has 3 fully saturated rings. The fourth-order valence-electron chi connectivity index (χ4n) is 5.84. The van der Waals surface area contributed by atoms with Crippen LogP contribution in [0.4, 0.5) is 10.1 Å². The molecule has 0 saturated carbocycles. The van der Waals surface area contributed by atoms with Crippen molar-refractivity contribution < 1.29 is 18.8 Å². The first-order valence-electron chi connectivity index (χ1n) is 13.9. The SMILES string of the molecule is CC(C)(C)C(=O)NC(C)(C)C(=O)N1CCC2(CC1)CC(CCN1CCN(c3ccc(F)cc3)CC1)NC2=O. The number of carbonyl (C=O) groups excluding carboxylic acids is 3. The Morgan fingerprint density at radius 3 is 2.18 bits per heavy atom. The molecule has 210 valence electrons. The molecular formula is C29H44FN5O3. The minimum atomic E-state index is -0.990. The number of rotatable bonds is 6. The zero-order valence-corrected chi connectivity index (χ0v) is 23.6. The second-order valence-electron chi connectivity index (χ2n) is 12.9. The predicted octanol–water partition coefficient (Wildman–Crippen LogP) is 2.78. The van der Waals surface area contributed by atoms with Crippen LogP contribution in [-0.4, -0.2) is 84.9 Å². The van der Waals surface area contributed by atoms with Crippen LogP contribution in [0.1, 0.15) is 60.3 Å². The third kappa shape index (κ3) is 6.30. The lowest BCUT2D eigenvalue weighted by Gasteiger charge is -2.41. The molecule has 38 heavy (non-hydrogen) atoms. The highest BCUT2D eigenvalue weighted by atomic mass is 19.1. The van der Waals surface area contributed by atoms with E-state index in [9.17, 15) is 18.8 Å². The summed E-state index contributed by atoms with van der Waals surface area (Å²) in [6.07, 6.45) is 3.04. The van der Waals surface area contributed by atoms with Crippen LogP contribution < -0.4 is 15.5 Å². The van der Waals surface area contributed by atoms with E-state index in [0.717, 1.165) is 51.3 Å². The van der Waals surface area contributed by atoms with E-state index in [1.54, 1.807) is 18.7 Å². The van der Waals surface area contributed by atoms with Crippen LogP contribution in [0.15, 0.2) is 24.3 Å². The summed E-state index contributed by atoms with van der Waals surface area (Å²) >= 11 is 0. The van der Waals surface area contributed by atoms with Crippen molar-refractivity contribution in [1.29, 1.82) is 0 Å². The number of benzene rings is 1. The van der Waals surface area contributed by atoms with Crippen molar-refractivity contribution in [2.75, 3.05) is 50.7 Å². The van der Waals surface area contributed by atoms with E-state index < -0.39 is 16.4 Å². The topological polar surface area (TPSA) is 85.0 Å². The van der Waals surface area contributed by atoms with Crippen molar-refractivity contribution in [2.45, 2.75) is 71.9 Å². The van der Waals surface area contributed by atoms with E-state index >= 15 is 0 Å². The van der Waals surface area contributed by atoms with Crippen LogP contribution in [-0.2, 0) is 14.4 Å². The molecule has 3 heterocycles. The Bertz CT molecular complexity index is 1020. The maximum absolute atomic E-state index is 13.2. The molecule has 4 rings (SSSR count). The zero-order chi connectivity index (χ0) is 27.7. The molecule has 1 atom stereocenters. The predicted molar refractivity (Wildman–Crippen MR) is 146 cm³/mol. The van der Waals surface area contributed by atoms with E-state index in [4.69, 9.17) is 0 Å². The summed E-state index contributed by atoms with van der Waals surface area (Å²) in [6.45, 7) is 14.7. The smallest absolute Gasteiger partial charge is 0.247 e. The third-order valence-electron chi connectivity index (χ3n) is 8.46. The Kier molecular flexibility index (Phi) is 8.07. The van der Waals surface area contributed by atoms with Crippen molar-refractivity contribution in [3.05, 3.63) is 30.1 Å². The first kappa shape index (κ1) is 28.3. The Balaban J connectivity index is 1.22. The number of hydrogen-bond acceptors (Lipinski definition) is 5. The van der Waals surface area contributed by atoms with Crippen LogP contribution in [0.25, 0.3) is 0 Å². The Morgan fingerprint density at radius 1 is 1.00 bits per heavy atom. The third-order valence-corrected chi connectivity index (χ3v) is 8.46. The van der Waals surface area contributed by atoms with Gasteiger partial charge < -0.3 is 20.4 Å². The Morgan fingerprint density at radius 2 is 1.61 bits per heavy atom. The average molecular weight is 530 g/mol. The van der Waals surface area contributed by atoms with Crippen molar-refractivity contribution >= 4 is 23.4 Å². The van der Waals surface area contributed by atoms with Crippen molar-refractivity contribution in [3.8, 4) is 0 Å². The number of likely N-dealkylation sites (tertiary alicyclic amines) is 1. The Hall–Kier alpha value is -2.68. The van der Waals surface area contributed by atoms with Gasteiger partial charge in [-0.05, 0) is 63.8 Å². The van der Waals surface area contributed by atoms with Gasteiger partial charge in [-0.3, -0.25) is 19.3 Å². The van der Waals surface area contributed by atoms with Gasteiger partial charge in [0.25, 0.3) is 0 Å². The molecule has 9 heteroatoms. The standard InChI is InChI=1S/C29H44FN5O3/c1-27(2,3)24(36)32-28(4,5)26(38)35-14-11-29(12-15-35)20-22(31-25(29)37)10-13-33-16-18-34(19-17-33)23-8-6-21(30)7-9-23/h6-9,22H,10-20H2,1-5H3,(H,31,37)(H,32,36). The number of amides is 3. The second-order valence-corrected chi connectivity index (χ2v) is 12.9. The summed E-state index contributed by atoms with van der Waals surface area (Å²) in [6, 6.07) is 6.84. The number of piperazine rings is 1. The molecule has 1 spiro atoms. The van der Waals surface area contributed by atoms with Crippen molar-refractivity contribution in [1.82, 2.24) is 20.4 Å². The zero-order valence-electron chi connectivity index (χ0n) is 23.6. The summed E-state index contributed by atoms with van der Waals surface area (Å²) in [7, 11) is 0. The highest BCUT2D eigenvalue weighted by Gasteiger charge is 2.49. The molecule has 0 radical (unpaired) electrons. The number of nitrogens with zero attached hydrogens (tertiary/aromatic N) is 3. The monoisotopic (exact) mass is 529 g/mol. The van der Waals surface area contributed by atoms with Gasteiger partial charge in [0.1, 0.15) is 11.4 Å². The largest absolute Gasteiger partial charge is 0.369 e. The van der Waals surface area contributed by atoms with Gasteiger partial charge in [-0.25, -0.2) is 4.39 Å². The maximum Gasteiger partial charge on any atom is 0.247 e. The molecule has 2 N–H and O–H groups in total. The quantitative estimate of drug-likeness (QED) is 0.592. The van der Waals surface area contributed by atoms with Crippen molar-refractivity contribution in [3.63, 3.8) is 0 Å². The fourth-order valence-corrected chi connectivity index (χ4v) is 5.84. The number of hydrogen-bond donors (Lipinski definition) is 2. The summed E-state index contributed by atoms with van der Waals surface area (Å²) in [5.41, 5.74) is -0.908. The van der Waals surface area contributed by atoms with Gasteiger partial charge in [0.05, 0.1) is 5.41 Å². The molecule has 3 saturated heterocycles. The molecular weight excluding hydrogens is 485 g/mol. The van der Waals surface area contributed by atoms with E-state index in [-0.39, 0.29) is 29.6 Å². The normalized spacial score (nSPS) is 22.5. The molecule has 0 aliphatic carbocycles. The highest BCUT2D eigenvalue weighted by Crippen LogP contribution is 2.41. The van der Waals surface area contributed by atoms with Gasteiger partial charge in [0, 0.05) is 63.0 Å². The second kappa shape index (κ2) is 10.8. The first-order chi connectivity index (χ1) is 17.8. The molecule has 0 aromatic heterocycles. The van der Waals surface area contributed by atoms with Crippen LogP contribution in [0, 0.1) is 16.6 Å². The molecule has 8 nitrogen and oxygen atoms in total. The molecule has 1 aromatic carbocycles. The van der Waals surface area contributed by atoms with E-state index in [0.29, 0.717) is 25.9 Å². The molecule has 0 bridgehead atoms. The van der Waals surface area contributed by atoms with Gasteiger partial charge in [-0.2, -0.15) is 0 Å². The van der Waals surface area contributed by atoms with Gasteiger partial charge >= 0.3 is 0 Å². The number of anilines is 1.